The maximum Gasteiger partial charge on any atom is 0.0679 e. The van der Waals surface area contributed by atoms with Crippen LogP contribution in [-0.4, -0.2) is 12.2 Å². The van der Waals surface area contributed by atoms with Gasteiger partial charge in [-0.25, -0.2) is 0 Å². The van der Waals surface area contributed by atoms with E-state index < -0.39 is 0 Å². The highest BCUT2D eigenvalue weighted by Crippen LogP contribution is 2.30. The highest BCUT2D eigenvalue weighted by molar-refractivity contribution is 5.25. The summed E-state index contributed by atoms with van der Waals surface area (Å²) in [6, 6.07) is 8.61. The van der Waals surface area contributed by atoms with Gasteiger partial charge in [0.2, 0.25) is 0 Å². The van der Waals surface area contributed by atoms with Crippen LogP contribution < -0.4 is 0 Å². The van der Waals surface area contributed by atoms with E-state index in [1.165, 1.54) is 17.5 Å². The molecule has 0 N–H and O–H groups in total. The zero-order chi connectivity index (χ0) is 10.0. The molecule has 2 rings (SSSR count). The van der Waals surface area contributed by atoms with E-state index in [-0.39, 0.29) is 5.60 Å². The average Bonchev–Trinajstić information content (AvgIpc) is 2.14. The Labute approximate surface area is 86.1 Å². The smallest absolute Gasteiger partial charge is 0.0679 e. The van der Waals surface area contributed by atoms with E-state index in [4.69, 9.17) is 4.74 Å². The van der Waals surface area contributed by atoms with Crippen LogP contribution in [0.25, 0.3) is 0 Å². The minimum absolute atomic E-state index is 0.169. The molecule has 1 aliphatic heterocycles. The molecule has 0 saturated carbocycles. The van der Waals surface area contributed by atoms with Gasteiger partial charge >= 0.3 is 0 Å². The molecule has 1 heterocycles. The Morgan fingerprint density at radius 1 is 1.36 bits per heavy atom. The molecule has 1 aromatic rings. The molecule has 1 aliphatic rings. The lowest BCUT2D eigenvalue weighted by Gasteiger charge is -2.38. The zero-order valence-corrected chi connectivity index (χ0v) is 9.05. The van der Waals surface area contributed by atoms with Crippen molar-refractivity contribution in [3.8, 4) is 0 Å². The van der Waals surface area contributed by atoms with Gasteiger partial charge in [-0.15, -0.1) is 0 Å². The van der Waals surface area contributed by atoms with Crippen LogP contribution in [0.3, 0.4) is 0 Å². The van der Waals surface area contributed by atoms with Crippen molar-refractivity contribution in [2.24, 2.45) is 0 Å². The lowest BCUT2D eigenvalue weighted by atomic mass is 9.89. The number of ether oxygens (including phenoxy) is 1. The van der Waals surface area contributed by atoms with Gasteiger partial charge in [0.25, 0.3) is 0 Å². The Bertz CT molecular complexity index is 313. The summed E-state index contributed by atoms with van der Waals surface area (Å²) in [6.45, 7) is 5.35. The molecule has 0 bridgehead atoms. The molecule has 0 aliphatic carbocycles. The normalized spacial score (nSPS) is 25.9. The molecule has 1 saturated heterocycles. The van der Waals surface area contributed by atoms with Crippen LogP contribution in [0.5, 0.6) is 0 Å². The SMILES string of the molecule is Cc1ccccc1CCC1(C)CCO1. The predicted molar refractivity (Wildman–Crippen MR) is 58.5 cm³/mol. The summed E-state index contributed by atoms with van der Waals surface area (Å²) in [4.78, 5) is 0. The van der Waals surface area contributed by atoms with Crippen LogP contribution in [0.1, 0.15) is 30.9 Å². The van der Waals surface area contributed by atoms with Crippen molar-refractivity contribution in [1.82, 2.24) is 0 Å². The molecule has 1 fully saturated rings. The van der Waals surface area contributed by atoms with Crippen LogP contribution in [0, 0.1) is 6.92 Å². The first-order chi connectivity index (χ1) is 6.70. The first kappa shape index (κ1) is 9.72. The molecule has 0 amide bonds. The fourth-order valence-electron chi connectivity index (χ4n) is 1.94. The monoisotopic (exact) mass is 190 g/mol. The highest BCUT2D eigenvalue weighted by atomic mass is 16.5. The topological polar surface area (TPSA) is 9.23 Å². The summed E-state index contributed by atoms with van der Waals surface area (Å²) >= 11 is 0. The summed E-state index contributed by atoms with van der Waals surface area (Å²) < 4.78 is 5.58. The van der Waals surface area contributed by atoms with E-state index in [0.717, 1.165) is 19.4 Å². The van der Waals surface area contributed by atoms with E-state index in [1.54, 1.807) is 0 Å². The fourth-order valence-corrected chi connectivity index (χ4v) is 1.94. The van der Waals surface area contributed by atoms with Crippen molar-refractivity contribution in [1.29, 1.82) is 0 Å². The Morgan fingerprint density at radius 3 is 2.64 bits per heavy atom. The quantitative estimate of drug-likeness (QED) is 0.711. The third-order valence-corrected chi connectivity index (χ3v) is 3.27. The molecule has 1 nitrogen and oxygen atoms in total. The van der Waals surface area contributed by atoms with Crippen molar-refractivity contribution in [2.75, 3.05) is 6.61 Å². The molecule has 76 valence electrons. The van der Waals surface area contributed by atoms with Crippen molar-refractivity contribution < 1.29 is 4.74 Å². The molecule has 1 atom stereocenters. The molecule has 0 radical (unpaired) electrons. The second kappa shape index (κ2) is 3.74. The first-order valence-electron chi connectivity index (χ1n) is 5.38. The molecule has 0 aromatic heterocycles. The van der Waals surface area contributed by atoms with Crippen molar-refractivity contribution >= 4 is 0 Å². The number of hydrogen-bond donors (Lipinski definition) is 0. The third-order valence-electron chi connectivity index (χ3n) is 3.27. The van der Waals surface area contributed by atoms with Gasteiger partial charge in [0.05, 0.1) is 12.2 Å². The molecular weight excluding hydrogens is 172 g/mol. The fraction of sp³-hybridized carbons (Fsp3) is 0.538. The molecule has 1 unspecified atom stereocenters. The number of benzene rings is 1. The van der Waals surface area contributed by atoms with Crippen molar-refractivity contribution in [3.05, 3.63) is 35.4 Å². The van der Waals surface area contributed by atoms with E-state index in [2.05, 4.69) is 38.1 Å². The molecule has 0 spiro atoms. The summed E-state index contributed by atoms with van der Waals surface area (Å²) in [5.74, 6) is 0. The first-order valence-corrected chi connectivity index (χ1v) is 5.38. The van der Waals surface area contributed by atoms with Crippen LogP contribution >= 0.6 is 0 Å². The van der Waals surface area contributed by atoms with Crippen molar-refractivity contribution in [2.45, 2.75) is 38.7 Å². The maximum atomic E-state index is 5.58. The Balaban J connectivity index is 1.95. The van der Waals surface area contributed by atoms with Crippen LogP contribution in [0.4, 0.5) is 0 Å². The molecular formula is C13H18O. The Kier molecular flexibility index (Phi) is 2.60. The summed E-state index contributed by atoms with van der Waals surface area (Å²) in [5.41, 5.74) is 3.03. The van der Waals surface area contributed by atoms with Gasteiger partial charge in [-0.05, 0) is 44.2 Å². The number of rotatable bonds is 3. The van der Waals surface area contributed by atoms with Gasteiger partial charge in [0.1, 0.15) is 0 Å². The van der Waals surface area contributed by atoms with Crippen LogP contribution in [0.2, 0.25) is 0 Å². The summed E-state index contributed by atoms with van der Waals surface area (Å²) in [5, 5.41) is 0. The second-order valence-corrected chi connectivity index (χ2v) is 4.47. The maximum absolute atomic E-state index is 5.58. The van der Waals surface area contributed by atoms with Gasteiger partial charge in [0.15, 0.2) is 0 Å². The van der Waals surface area contributed by atoms with E-state index in [9.17, 15) is 0 Å². The zero-order valence-electron chi connectivity index (χ0n) is 9.05. The highest BCUT2D eigenvalue weighted by Gasteiger charge is 2.32. The minimum Gasteiger partial charge on any atom is -0.375 e. The Morgan fingerprint density at radius 2 is 2.07 bits per heavy atom. The standard InChI is InChI=1S/C13H18O/c1-11-5-3-4-6-12(11)7-8-13(2)9-10-14-13/h3-6H,7-10H2,1-2H3. The summed E-state index contributed by atoms with van der Waals surface area (Å²) in [6.07, 6.45) is 3.51. The lowest BCUT2D eigenvalue weighted by molar-refractivity contribution is -0.137. The molecule has 1 aromatic carbocycles. The van der Waals surface area contributed by atoms with Gasteiger partial charge in [-0.3, -0.25) is 0 Å². The summed E-state index contributed by atoms with van der Waals surface area (Å²) in [7, 11) is 0. The predicted octanol–water partition coefficient (Wildman–Crippen LogP) is 3.11. The number of aryl methyl sites for hydroxylation is 2. The Hall–Kier alpha value is -0.820. The van der Waals surface area contributed by atoms with Crippen molar-refractivity contribution in [3.63, 3.8) is 0 Å². The van der Waals surface area contributed by atoms with Gasteiger partial charge in [0, 0.05) is 0 Å². The molecule has 1 heteroatoms. The van der Waals surface area contributed by atoms with Gasteiger partial charge < -0.3 is 4.74 Å². The minimum atomic E-state index is 0.169. The van der Waals surface area contributed by atoms with Crippen LogP contribution in [0.15, 0.2) is 24.3 Å². The van der Waals surface area contributed by atoms with Crippen LogP contribution in [-0.2, 0) is 11.2 Å². The molecule has 14 heavy (non-hydrogen) atoms. The lowest BCUT2D eigenvalue weighted by Crippen LogP contribution is -2.40. The second-order valence-electron chi connectivity index (χ2n) is 4.47. The van der Waals surface area contributed by atoms with E-state index >= 15 is 0 Å². The average molecular weight is 190 g/mol. The van der Waals surface area contributed by atoms with E-state index in [0.29, 0.717) is 0 Å². The third kappa shape index (κ3) is 1.98. The van der Waals surface area contributed by atoms with Gasteiger partial charge in [-0.2, -0.15) is 0 Å². The largest absolute Gasteiger partial charge is 0.375 e. The number of hydrogen-bond acceptors (Lipinski definition) is 1. The van der Waals surface area contributed by atoms with E-state index in [1.807, 2.05) is 0 Å². The van der Waals surface area contributed by atoms with Gasteiger partial charge in [-0.1, -0.05) is 24.3 Å².